The zero-order chi connectivity index (χ0) is 9.97. The van der Waals surface area contributed by atoms with Crippen molar-refractivity contribution < 1.29 is 0 Å². The van der Waals surface area contributed by atoms with E-state index in [4.69, 9.17) is 6.58 Å². The van der Waals surface area contributed by atoms with Crippen LogP contribution in [0.15, 0.2) is 48.5 Å². The smallest absolute Gasteiger partial charge is 0.000117 e. The van der Waals surface area contributed by atoms with Gasteiger partial charge in [0.2, 0.25) is 0 Å². The van der Waals surface area contributed by atoms with Gasteiger partial charge < -0.3 is 0 Å². The van der Waals surface area contributed by atoms with E-state index in [0.29, 0.717) is 5.92 Å². The second-order valence-electron chi connectivity index (χ2n) is 3.55. The van der Waals surface area contributed by atoms with Crippen molar-refractivity contribution in [3.05, 3.63) is 60.7 Å². The highest BCUT2D eigenvalue weighted by molar-refractivity contribution is 5.86. The molecule has 0 aliphatic carbocycles. The summed E-state index contributed by atoms with van der Waals surface area (Å²) in [5.74, 6) is 0.307. The van der Waals surface area contributed by atoms with E-state index in [9.17, 15) is 0 Å². The Hall–Kier alpha value is -1.56. The summed E-state index contributed by atoms with van der Waals surface area (Å²) in [6.07, 6.45) is 1.74. The first-order valence-corrected chi connectivity index (χ1v) is 4.85. The van der Waals surface area contributed by atoms with Crippen LogP contribution in [0.1, 0.15) is 18.4 Å². The molecule has 0 spiro atoms. The average Bonchev–Trinajstić information content (AvgIpc) is 2.27. The van der Waals surface area contributed by atoms with E-state index in [-0.39, 0.29) is 0 Å². The second kappa shape index (κ2) is 3.67. The summed E-state index contributed by atoms with van der Waals surface area (Å²) in [6, 6.07) is 14.7. The monoisotopic (exact) mass is 181 g/mol. The molecule has 0 N–H and O–H groups in total. The number of allylic oxidation sites excluding steroid dienone is 1. The van der Waals surface area contributed by atoms with Gasteiger partial charge in [0, 0.05) is 0 Å². The Morgan fingerprint density at radius 1 is 1.07 bits per heavy atom. The molecule has 0 nitrogen and oxygen atoms in total. The van der Waals surface area contributed by atoms with Crippen LogP contribution in [0, 0.1) is 6.58 Å². The molecule has 1 unspecified atom stereocenters. The van der Waals surface area contributed by atoms with E-state index < -0.39 is 0 Å². The van der Waals surface area contributed by atoms with Crippen LogP contribution in [0.25, 0.3) is 10.8 Å². The molecule has 14 heavy (non-hydrogen) atoms. The summed E-state index contributed by atoms with van der Waals surface area (Å²) >= 11 is 0. The minimum Gasteiger partial charge on any atom is -0.0773 e. The Morgan fingerprint density at radius 2 is 1.79 bits per heavy atom. The fraction of sp³-hybridized carbons (Fsp3) is 0.143. The molecule has 2 aromatic rings. The number of benzene rings is 2. The topological polar surface area (TPSA) is 0 Å². The summed E-state index contributed by atoms with van der Waals surface area (Å²) in [5, 5.41) is 2.57. The van der Waals surface area contributed by atoms with Crippen LogP contribution >= 0.6 is 0 Å². The third-order valence-corrected chi connectivity index (χ3v) is 2.60. The lowest BCUT2D eigenvalue weighted by atomic mass is 9.95. The van der Waals surface area contributed by atoms with Crippen molar-refractivity contribution in [2.45, 2.75) is 12.8 Å². The van der Waals surface area contributed by atoms with Gasteiger partial charge in [0.25, 0.3) is 0 Å². The first-order valence-electron chi connectivity index (χ1n) is 4.85. The van der Waals surface area contributed by atoms with Crippen molar-refractivity contribution in [2.24, 2.45) is 0 Å². The van der Waals surface area contributed by atoms with E-state index >= 15 is 0 Å². The van der Waals surface area contributed by atoms with Crippen molar-refractivity contribution in [3.63, 3.8) is 0 Å². The maximum atomic E-state index is 5.57. The maximum Gasteiger partial charge on any atom is -0.000117 e. The number of fused-ring (bicyclic) bond motifs is 1. The summed E-state index contributed by atoms with van der Waals surface area (Å²) in [5.41, 5.74) is 1.30. The molecule has 0 fully saturated rings. The van der Waals surface area contributed by atoms with Gasteiger partial charge >= 0.3 is 0 Å². The second-order valence-corrected chi connectivity index (χ2v) is 3.55. The molecule has 1 atom stereocenters. The fourth-order valence-corrected chi connectivity index (χ4v) is 1.75. The molecule has 69 valence electrons. The third kappa shape index (κ3) is 1.44. The molecule has 0 bridgehead atoms. The van der Waals surface area contributed by atoms with Gasteiger partial charge in [-0.15, -0.1) is 0 Å². The molecule has 2 aromatic carbocycles. The SMILES string of the molecule is [CH]=CC(C)c1cccc2ccccc12. The maximum absolute atomic E-state index is 5.57. The summed E-state index contributed by atoms with van der Waals surface area (Å²) < 4.78 is 0. The lowest BCUT2D eigenvalue weighted by Crippen LogP contribution is -1.89. The van der Waals surface area contributed by atoms with Crippen molar-refractivity contribution in [2.75, 3.05) is 0 Å². The van der Waals surface area contributed by atoms with Crippen molar-refractivity contribution in [1.82, 2.24) is 0 Å². The van der Waals surface area contributed by atoms with Crippen LogP contribution in [0.3, 0.4) is 0 Å². The zero-order valence-electron chi connectivity index (χ0n) is 8.27. The molecule has 0 saturated carbocycles. The Labute approximate surface area is 84.9 Å². The lowest BCUT2D eigenvalue weighted by molar-refractivity contribution is 0.982. The van der Waals surface area contributed by atoms with Crippen LogP contribution in [-0.4, -0.2) is 0 Å². The molecule has 1 radical (unpaired) electrons. The third-order valence-electron chi connectivity index (χ3n) is 2.60. The Bertz CT molecular complexity index is 449. The molecule has 0 amide bonds. The summed E-state index contributed by atoms with van der Waals surface area (Å²) in [7, 11) is 0. The number of hydrogen-bond acceptors (Lipinski definition) is 0. The van der Waals surface area contributed by atoms with Crippen LogP contribution in [0.4, 0.5) is 0 Å². The van der Waals surface area contributed by atoms with Crippen LogP contribution in [-0.2, 0) is 0 Å². The van der Waals surface area contributed by atoms with Gasteiger partial charge in [-0.2, -0.15) is 0 Å². The first-order chi connectivity index (χ1) is 6.83. The first kappa shape index (κ1) is 9.01. The van der Waals surface area contributed by atoms with Crippen LogP contribution in [0.2, 0.25) is 0 Å². The number of hydrogen-bond donors (Lipinski definition) is 0. The van der Waals surface area contributed by atoms with E-state index in [0.717, 1.165) is 0 Å². The van der Waals surface area contributed by atoms with Gasteiger partial charge in [-0.25, -0.2) is 0 Å². The van der Waals surface area contributed by atoms with E-state index in [2.05, 4.69) is 49.4 Å². The van der Waals surface area contributed by atoms with Gasteiger partial charge in [-0.05, 0) is 22.3 Å². The zero-order valence-corrected chi connectivity index (χ0v) is 8.27. The highest BCUT2D eigenvalue weighted by atomic mass is 14.1. The molecular weight excluding hydrogens is 168 g/mol. The summed E-state index contributed by atoms with van der Waals surface area (Å²) in [4.78, 5) is 0. The Morgan fingerprint density at radius 3 is 2.57 bits per heavy atom. The minimum absolute atomic E-state index is 0.307. The predicted octanol–water partition coefficient (Wildman–Crippen LogP) is 3.93. The molecule has 0 heteroatoms. The van der Waals surface area contributed by atoms with Crippen LogP contribution < -0.4 is 0 Å². The summed E-state index contributed by atoms with van der Waals surface area (Å²) in [6.45, 7) is 7.68. The van der Waals surface area contributed by atoms with Crippen molar-refractivity contribution in [1.29, 1.82) is 0 Å². The normalized spacial score (nSPS) is 12.6. The highest BCUT2D eigenvalue weighted by Crippen LogP contribution is 2.25. The molecule has 2 rings (SSSR count). The van der Waals surface area contributed by atoms with Gasteiger partial charge in [-0.3, -0.25) is 0 Å². The average molecular weight is 181 g/mol. The molecule has 0 aliphatic rings. The van der Waals surface area contributed by atoms with E-state index in [1.165, 1.54) is 16.3 Å². The lowest BCUT2D eigenvalue weighted by Gasteiger charge is -2.09. The molecular formula is C14H13. The largest absolute Gasteiger partial charge is 0.0773 e. The molecule has 0 aliphatic heterocycles. The Kier molecular flexibility index (Phi) is 2.36. The van der Waals surface area contributed by atoms with Crippen molar-refractivity contribution in [3.8, 4) is 0 Å². The standard InChI is InChI=1S/C14H13/c1-3-11(2)13-10-6-8-12-7-4-5-9-14(12)13/h1,3-11H,2H3. The van der Waals surface area contributed by atoms with Gasteiger partial charge in [0.05, 0.1) is 0 Å². The Balaban J connectivity index is 2.70. The number of rotatable bonds is 2. The molecule has 0 aromatic heterocycles. The van der Waals surface area contributed by atoms with Gasteiger partial charge in [0.1, 0.15) is 0 Å². The fourth-order valence-electron chi connectivity index (χ4n) is 1.75. The highest BCUT2D eigenvalue weighted by Gasteiger charge is 2.04. The van der Waals surface area contributed by atoms with Gasteiger partial charge in [-0.1, -0.05) is 62.0 Å². The molecule has 0 heterocycles. The van der Waals surface area contributed by atoms with Crippen LogP contribution in [0.5, 0.6) is 0 Å². The van der Waals surface area contributed by atoms with E-state index in [1.54, 1.807) is 6.08 Å². The minimum atomic E-state index is 0.307. The molecule has 0 saturated heterocycles. The predicted molar refractivity (Wildman–Crippen MR) is 61.2 cm³/mol. The van der Waals surface area contributed by atoms with Gasteiger partial charge in [0.15, 0.2) is 0 Å². The van der Waals surface area contributed by atoms with E-state index in [1.807, 2.05) is 0 Å². The quantitative estimate of drug-likeness (QED) is 0.658. The van der Waals surface area contributed by atoms with Crippen molar-refractivity contribution >= 4 is 10.8 Å².